The van der Waals surface area contributed by atoms with Gasteiger partial charge in [0.05, 0.1) is 17.3 Å². The van der Waals surface area contributed by atoms with E-state index in [-0.39, 0.29) is 37.2 Å². The highest BCUT2D eigenvalue weighted by atomic mass is 35.5. The minimum atomic E-state index is -4.21. The number of aryl methyl sites for hydroxylation is 1. The molecule has 0 atom stereocenters. The van der Waals surface area contributed by atoms with Gasteiger partial charge >= 0.3 is 6.18 Å². The number of aromatic nitrogens is 2. The Balaban J connectivity index is 2.09. The Labute approximate surface area is 165 Å². The molecule has 1 aromatic carbocycles. The molecule has 1 aliphatic rings. The fourth-order valence-corrected chi connectivity index (χ4v) is 3.97. The van der Waals surface area contributed by atoms with Gasteiger partial charge in [-0.25, -0.2) is 4.98 Å². The van der Waals surface area contributed by atoms with Crippen LogP contribution in [-0.2, 0) is 0 Å². The fourth-order valence-electron chi connectivity index (χ4n) is 3.85. The Bertz CT molecular complexity index is 944. The largest absolute Gasteiger partial charge is 0.391 e. The molecule has 4 nitrogen and oxygen atoms in total. The van der Waals surface area contributed by atoms with Crippen LogP contribution in [-0.4, -0.2) is 21.5 Å². The third kappa shape index (κ3) is 3.99. The molecule has 0 unspecified atom stereocenters. The Hall–Kier alpha value is -2.15. The number of ketones is 1. The maximum atomic E-state index is 13.1. The third-order valence-electron chi connectivity index (χ3n) is 5.28. The summed E-state index contributed by atoms with van der Waals surface area (Å²) in [7, 11) is 0. The molecule has 1 aromatic heterocycles. The Morgan fingerprint density at radius 2 is 1.71 bits per heavy atom. The zero-order valence-electron chi connectivity index (χ0n) is 15.5. The zero-order chi connectivity index (χ0) is 20.6. The molecule has 0 bridgehead atoms. The maximum absolute atomic E-state index is 13.1. The van der Waals surface area contributed by atoms with Crippen molar-refractivity contribution in [3.63, 3.8) is 0 Å². The highest BCUT2D eigenvalue weighted by Gasteiger charge is 2.42. The van der Waals surface area contributed by atoms with Crippen molar-refractivity contribution in [2.75, 3.05) is 0 Å². The number of carbonyl (C=O) groups excluding carboxylic acids is 1. The van der Waals surface area contributed by atoms with Gasteiger partial charge in [-0.05, 0) is 63.8 Å². The molecule has 1 saturated carbocycles. The molecule has 28 heavy (non-hydrogen) atoms. The summed E-state index contributed by atoms with van der Waals surface area (Å²) in [6, 6.07) is 6.49. The maximum Gasteiger partial charge on any atom is 0.391 e. The van der Waals surface area contributed by atoms with Gasteiger partial charge in [-0.15, -0.1) is 0 Å². The average Bonchev–Trinajstić information content (AvgIpc) is 2.61. The first kappa shape index (κ1) is 20.6. The topological polar surface area (TPSA) is 52.0 Å². The molecule has 150 valence electrons. The molecule has 0 aliphatic heterocycles. The van der Waals surface area contributed by atoms with Crippen LogP contribution >= 0.6 is 11.6 Å². The van der Waals surface area contributed by atoms with Crippen LogP contribution in [0.3, 0.4) is 0 Å². The van der Waals surface area contributed by atoms with Crippen LogP contribution in [0.1, 0.15) is 60.4 Å². The molecule has 0 spiro atoms. The number of nitrogens with zero attached hydrogens (tertiary/aromatic N) is 2. The number of halogens is 4. The molecular weight excluding hydrogens is 393 g/mol. The Morgan fingerprint density at radius 3 is 2.21 bits per heavy atom. The van der Waals surface area contributed by atoms with Gasteiger partial charge in [-0.2, -0.15) is 13.2 Å². The Kier molecular flexibility index (Phi) is 5.66. The van der Waals surface area contributed by atoms with Crippen LogP contribution in [0, 0.1) is 12.8 Å². The van der Waals surface area contributed by atoms with Crippen molar-refractivity contribution < 1.29 is 18.0 Å². The molecule has 3 rings (SSSR count). The molecule has 2 aromatic rings. The van der Waals surface area contributed by atoms with Crippen molar-refractivity contribution in [2.24, 2.45) is 5.92 Å². The second-order valence-electron chi connectivity index (χ2n) is 7.19. The van der Waals surface area contributed by atoms with Gasteiger partial charge in [-0.3, -0.25) is 14.2 Å². The predicted octanol–water partition coefficient (Wildman–Crippen LogP) is 5.23. The molecule has 1 aliphatic carbocycles. The van der Waals surface area contributed by atoms with E-state index in [1.807, 2.05) is 0 Å². The lowest BCUT2D eigenvalue weighted by Crippen LogP contribution is -2.33. The van der Waals surface area contributed by atoms with Crippen molar-refractivity contribution in [2.45, 2.75) is 51.6 Å². The second kappa shape index (κ2) is 7.70. The lowest BCUT2D eigenvalue weighted by Gasteiger charge is -2.31. The average molecular weight is 413 g/mol. The molecule has 1 heterocycles. The summed E-state index contributed by atoms with van der Waals surface area (Å²) in [4.78, 5) is 29.6. The van der Waals surface area contributed by atoms with Gasteiger partial charge in [0, 0.05) is 10.9 Å². The van der Waals surface area contributed by atoms with Crippen LogP contribution in [0.2, 0.25) is 5.02 Å². The number of hydrogen-bond acceptors (Lipinski definition) is 3. The number of hydrogen-bond donors (Lipinski definition) is 0. The van der Waals surface area contributed by atoms with Crippen LogP contribution in [0.25, 0.3) is 5.69 Å². The molecule has 0 N–H and O–H groups in total. The molecular formula is C20H20ClF3N2O2. The van der Waals surface area contributed by atoms with Gasteiger partial charge in [0.1, 0.15) is 11.4 Å². The highest BCUT2D eigenvalue weighted by molar-refractivity contribution is 6.30. The van der Waals surface area contributed by atoms with Crippen molar-refractivity contribution in [3.05, 3.63) is 56.7 Å². The Morgan fingerprint density at radius 1 is 1.14 bits per heavy atom. The van der Waals surface area contributed by atoms with Gasteiger partial charge in [-0.1, -0.05) is 11.6 Å². The number of rotatable bonds is 3. The van der Waals surface area contributed by atoms with E-state index in [4.69, 9.17) is 11.6 Å². The van der Waals surface area contributed by atoms with Crippen molar-refractivity contribution in [1.82, 2.24) is 9.55 Å². The van der Waals surface area contributed by atoms with E-state index in [0.29, 0.717) is 22.2 Å². The van der Waals surface area contributed by atoms with Gasteiger partial charge in [0.2, 0.25) is 0 Å². The fraction of sp³-hybridized carbons (Fsp3) is 0.450. The first-order chi connectivity index (χ1) is 13.1. The number of benzene rings is 1. The van der Waals surface area contributed by atoms with Gasteiger partial charge in [0.25, 0.3) is 5.56 Å². The minimum Gasteiger partial charge on any atom is -0.294 e. The van der Waals surface area contributed by atoms with E-state index >= 15 is 0 Å². The third-order valence-corrected chi connectivity index (χ3v) is 5.53. The SMILES string of the molecule is CC(=O)c1c(C)nc([C@H]2CC[C@@H](C(F)(F)F)CC2)n(-c2ccc(Cl)cc2)c1=O. The van der Waals surface area contributed by atoms with E-state index < -0.39 is 23.4 Å². The number of alkyl halides is 3. The second-order valence-corrected chi connectivity index (χ2v) is 7.63. The van der Waals surface area contributed by atoms with E-state index in [1.165, 1.54) is 11.5 Å². The molecule has 0 amide bonds. The highest BCUT2D eigenvalue weighted by Crippen LogP contribution is 2.42. The summed E-state index contributed by atoms with van der Waals surface area (Å²) >= 11 is 5.93. The summed E-state index contributed by atoms with van der Waals surface area (Å²) in [6.07, 6.45) is -3.65. The van der Waals surface area contributed by atoms with Crippen LogP contribution < -0.4 is 5.56 Å². The van der Waals surface area contributed by atoms with Crippen molar-refractivity contribution in [3.8, 4) is 5.69 Å². The summed E-state index contributed by atoms with van der Waals surface area (Å²) in [5.74, 6) is -1.61. The van der Waals surface area contributed by atoms with Gasteiger partial charge in [0.15, 0.2) is 5.78 Å². The first-order valence-electron chi connectivity index (χ1n) is 9.06. The van der Waals surface area contributed by atoms with Gasteiger partial charge < -0.3 is 0 Å². The standard InChI is InChI=1S/C20H20ClF3N2O2/c1-11-17(12(2)27)19(28)26(16-9-7-15(21)8-10-16)18(25-11)13-3-5-14(6-4-13)20(22,23)24/h7-10,13-14H,3-6H2,1-2H3/t13-,14+. The predicted molar refractivity (Wildman–Crippen MR) is 100 cm³/mol. The van der Waals surface area contributed by atoms with E-state index in [0.717, 1.165) is 0 Å². The molecule has 1 fully saturated rings. The van der Waals surface area contributed by atoms with Crippen molar-refractivity contribution in [1.29, 1.82) is 0 Å². The summed E-state index contributed by atoms with van der Waals surface area (Å²) in [6.45, 7) is 2.88. The number of Topliss-reactive ketones (excluding diaryl/α,β-unsaturated/α-hetero) is 1. The van der Waals surface area contributed by atoms with Crippen LogP contribution in [0.15, 0.2) is 29.1 Å². The summed E-state index contributed by atoms with van der Waals surface area (Å²) in [5.41, 5.74) is 0.269. The number of carbonyl (C=O) groups is 1. The summed E-state index contributed by atoms with van der Waals surface area (Å²) in [5, 5.41) is 0.482. The van der Waals surface area contributed by atoms with E-state index in [1.54, 1.807) is 31.2 Å². The van der Waals surface area contributed by atoms with Crippen molar-refractivity contribution >= 4 is 17.4 Å². The molecule has 8 heteroatoms. The lowest BCUT2D eigenvalue weighted by molar-refractivity contribution is -0.182. The molecule has 0 saturated heterocycles. The smallest absolute Gasteiger partial charge is 0.294 e. The lowest BCUT2D eigenvalue weighted by atomic mass is 9.81. The summed E-state index contributed by atoms with van der Waals surface area (Å²) < 4.78 is 40.4. The first-order valence-corrected chi connectivity index (χ1v) is 9.44. The quantitative estimate of drug-likeness (QED) is 0.648. The van der Waals surface area contributed by atoms with Crippen LogP contribution in [0.5, 0.6) is 0 Å². The molecule has 0 radical (unpaired) electrons. The monoisotopic (exact) mass is 412 g/mol. The normalized spacial score (nSPS) is 20.2. The van der Waals surface area contributed by atoms with E-state index in [9.17, 15) is 22.8 Å². The van der Waals surface area contributed by atoms with E-state index in [2.05, 4.69) is 4.98 Å². The van der Waals surface area contributed by atoms with Crippen LogP contribution in [0.4, 0.5) is 13.2 Å². The zero-order valence-corrected chi connectivity index (χ0v) is 16.3. The minimum absolute atomic E-state index is 0.00182.